The van der Waals surface area contributed by atoms with E-state index in [4.69, 9.17) is 5.73 Å². The number of hydrogen-bond acceptors (Lipinski definition) is 3. The van der Waals surface area contributed by atoms with Gasteiger partial charge in [0.05, 0.1) is 11.1 Å². The third kappa shape index (κ3) is 2.27. The van der Waals surface area contributed by atoms with Crippen molar-refractivity contribution in [1.29, 1.82) is 0 Å². The van der Waals surface area contributed by atoms with Gasteiger partial charge in [-0.3, -0.25) is 9.59 Å². The Morgan fingerprint density at radius 1 is 1.56 bits per heavy atom. The first-order chi connectivity index (χ1) is 8.46. The number of benzene rings is 1. The van der Waals surface area contributed by atoms with Gasteiger partial charge in [-0.15, -0.1) is 0 Å². The molecule has 2 rings (SSSR count). The van der Waals surface area contributed by atoms with Gasteiger partial charge in [-0.1, -0.05) is 0 Å². The summed E-state index contributed by atoms with van der Waals surface area (Å²) in [5.74, 6) is -0.259. The molecule has 1 unspecified atom stereocenters. The molecule has 18 heavy (non-hydrogen) atoms. The van der Waals surface area contributed by atoms with Crippen LogP contribution < -0.4 is 10.6 Å². The fourth-order valence-electron chi connectivity index (χ4n) is 2.22. The molecule has 1 saturated heterocycles. The maximum absolute atomic E-state index is 11.4. The van der Waals surface area contributed by atoms with Gasteiger partial charge >= 0.3 is 0 Å². The van der Waals surface area contributed by atoms with E-state index in [0.29, 0.717) is 12.1 Å². The molecule has 4 nitrogen and oxygen atoms in total. The Kier molecular flexibility index (Phi) is 3.43. The van der Waals surface area contributed by atoms with E-state index in [2.05, 4.69) is 20.8 Å². The lowest BCUT2D eigenvalue weighted by Crippen LogP contribution is -2.37. The number of carbonyl (C=O) groups is 2. The van der Waals surface area contributed by atoms with E-state index < -0.39 is 5.41 Å². The summed E-state index contributed by atoms with van der Waals surface area (Å²) in [6.07, 6.45) is 1.57. The lowest BCUT2D eigenvalue weighted by Gasteiger charge is -2.23. The number of hydrogen-bond donors (Lipinski definition) is 1. The quantitative estimate of drug-likeness (QED) is 0.868. The second-order valence-corrected chi connectivity index (χ2v) is 5.78. The molecule has 0 aromatic heterocycles. The van der Waals surface area contributed by atoms with Gasteiger partial charge in [0.25, 0.3) is 0 Å². The summed E-state index contributed by atoms with van der Waals surface area (Å²) in [7, 11) is 0. The van der Waals surface area contributed by atoms with Crippen LogP contribution in [0.5, 0.6) is 0 Å². The van der Waals surface area contributed by atoms with Gasteiger partial charge in [0, 0.05) is 23.1 Å². The highest BCUT2D eigenvalue weighted by molar-refractivity contribution is 9.10. The molecule has 0 aliphatic carbocycles. The largest absolute Gasteiger partial charge is 0.370 e. The highest BCUT2D eigenvalue weighted by Crippen LogP contribution is 2.36. The van der Waals surface area contributed by atoms with Crippen molar-refractivity contribution >= 4 is 33.8 Å². The van der Waals surface area contributed by atoms with Gasteiger partial charge in [0.15, 0.2) is 0 Å². The van der Waals surface area contributed by atoms with Crippen molar-refractivity contribution in [1.82, 2.24) is 0 Å². The van der Waals surface area contributed by atoms with Crippen LogP contribution in [0.2, 0.25) is 0 Å². The fraction of sp³-hybridized carbons (Fsp3) is 0.385. The van der Waals surface area contributed by atoms with Crippen LogP contribution in [0.3, 0.4) is 0 Å². The van der Waals surface area contributed by atoms with Crippen LogP contribution in [0.25, 0.3) is 0 Å². The predicted octanol–water partition coefficient (Wildman–Crippen LogP) is 1.96. The maximum atomic E-state index is 11.4. The molecule has 0 saturated carbocycles. The van der Waals surface area contributed by atoms with Crippen LogP contribution in [0.15, 0.2) is 22.7 Å². The first-order valence-corrected chi connectivity index (χ1v) is 6.55. The number of primary amides is 1. The predicted molar refractivity (Wildman–Crippen MR) is 73.7 cm³/mol. The monoisotopic (exact) mass is 310 g/mol. The number of anilines is 1. The van der Waals surface area contributed by atoms with E-state index in [1.165, 1.54) is 0 Å². The van der Waals surface area contributed by atoms with Crippen molar-refractivity contribution in [3.8, 4) is 0 Å². The Hall–Kier alpha value is -1.36. The smallest absolute Gasteiger partial charge is 0.225 e. The summed E-state index contributed by atoms with van der Waals surface area (Å²) < 4.78 is 0.862. The SMILES string of the molecule is CC1(C(N)=O)CCN(c2ccc(C=O)cc2Br)C1. The molecule has 1 amide bonds. The summed E-state index contributed by atoms with van der Waals surface area (Å²) in [6, 6.07) is 5.44. The number of halogens is 1. The number of nitrogens with two attached hydrogens (primary N) is 1. The average molecular weight is 311 g/mol. The lowest BCUT2D eigenvalue weighted by atomic mass is 9.89. The highest BCUT2D eigenvalue weighted by atomic mass is 79.9. The molecule has 0 bridgehead atoms. The van der Waals surface area contributed by atoms with E-state index in [1.54, 1.807) is 12.1 Å². The summed E-state index contributed by atoms with van der Waals surface area (Å²) in [5, 5.41) is 0. The third-order valence-electron chi connectivity index (χ3n) is 3.52. The summed E-state index contributed by atoms with van der Waals surface area (Å²) in [4.78, 5) is 24.2. The first kappa shape index (κ1) is 13.1. The number of rotatable bonds is 3. The zero-order chi connectivity index (χ0) is 13.3. The van der Waals surface area contributed by atoms with Crippen LogP contribution in [-0.2, 0) is 4.79 Å². The minimum absolute atomic E-state index is 0.259. The topological polar surface area (TPSA) is 63.4 Å². The Morgan fingerprint density at radius 2 is 2.28 bits per heavy atom. The normalized spacial score (nSPS) is 23.1. The number of amides is 1. The third-order valence-corrected chi connectivity index (χ3v) is 4.15. The molecule has 0 radical (unpaired) electrons. The first-order valence-electron chi connectivity index (χ1n) is 5.76. The van der Waals surface area contributed by atoms with Gasteiger partial charge in [-0.2, -0.15) is 0 Å². The van der Waals surface area contributed by atoms with Crippen LogP contribution >= 0.6 is 15.9 Å². The van der Waals surface area contributed by atoms with Crippen molar-refractivity contribution in [2.24, 2.45) is 11.1 Å². The second-order valence-electron chi connectivity index (χ2n) is 4.93. The van der Waals surface area contributed by atoms with Crippen molar-refractivity contribution in [2.75, 3.05) is 18.0 Å². The van der Waals surface area contributed by atoms with Crippen LogP contribution in [0.4, 0.5) is 5.69 Å². The molecule has 1 fully saturated rings. The molecule has 0 spiro atoms. The number of nitrogens with zero attached hydrogens (tertiary/aromatic N) is 1. The molecular weight excluding hydrogens is 296 g/mol. The van der Waals surface area contributed by atoms with Gasteiger partial charge in [0.1, 0.15) is 6.29 Å². The van der Waals surface area contributed by atoms with E-state index in [-0.39, 0.29) is 5.91 Å². The molecule has 1 heterocycles. The molecule has 1 atom stereocenters. The van der Waals surface area contributed by atoms with Gasteiger partial charge in [-0.05, 0) is 47.5 Å². The zero-order valence-corrected chi connectivity index (χ0v) is 11.7. The number of carbonyl (C=O) groups excluding carboxylic acids is 2. The minimum Gasteiger partial charge on any atom is -0.370 e. The van der Waals surface area contributed by atoms with E-state index >= 15 is 0 Å². The zero-order valence-electron chi connectivity index (χ0n) is 10.1. The molecule has 1 aliphatic rings. The Bertz CT molecular complexity index is 504. The number of aldehydes is 1. The van der Waals surface area contributed by atoms with Gasteiger partial charge in [0.2, 0.25) is 5.91 Å². The molecule has 96 valence electrons. The minimum atomic E-state index is -0.469. The average Bonchev–Trinajstić information content (AvgIpc) is 2.73. The van der Waals surface area contributed by atoms with Crippen molar-refractivity contribution in [3.63, 3.8) is 0 Å². The summed E-state index contributed by atoms with van der Waals surface area (Å²) in [5.41, 5.74) is 6.58. The van der Waals surface area contributed by atoms with E-state index in [1.807, 2.05) is 13.0 Å². The lowest BCUT2D eigenvalue weighted by molar-refractivity contribution is -0.125. The van der Waals surface area contributed by atoms with Crippen LogP contribution in [0.1, 0.15) is 23.7 Å². The molecular formula is C13H15BrN2O2. The molecule has 1 aliphatic heterocycles. The summed E-state index contributed by atoms with van der Waals surface area (Å²) in [6.45, 7) is 3.29. The standard InChI is InChI=1S/C13H15BrN2O2/c1-13(12(15)18)4-5-16(8-13)11-3-2-9(7-17)6-10(11)14/h2-3,6-7H,4-5,8H2,1H3,(H2,15,18). The highest BCUT2D eigenvalue weighted by Gasteiger charge is 2.39. The van der Waals surface area contributed by atoms with E-state index in [0.717, 1.165) is 29.4 Å². The fourth-order valence-corrected chi connectivity index (χ4v) is 2.87. The second kappa shape index (κ2) is 4.72. The molecule has 2 N–H and O–H groups in total. The van der Waals surface area contributed by atoms with E-state index in [9.17, 15) is 9.59 Å². The Morgan fingerprint density at radius 3 is 2.78 bits per heavy atom. The maximum Gasteiger partial charge on any atom is 0.225 e. The van der Waals surface area contributed by atoms with Crippen molar-refractivity contribution < 1.29 is 9.59 Å². The van der Waals surface area contributed by atoms with Crippen LogP contribution in [-0.4, -0.2) is 25.3 Å². The van der Waals surface area contributed by atoms with Crippen molar-refractivity contribution in [3.05, 3.63) is 28.2 Å². The molecule has 5 heteroatoms. The Labute approximate surface area is 114 Å². The van der Waals surface area contributed by atoms with Gasteiger partial charge < -0.3 is 10.6 Å². The van der Waals surface area contributed by atoms with Gasteiger partial charge in [-0.25, -0.2) is 0 Å². The van der Waals surface area contributed by atoms with Crippen LogP contribution in [0, 0.1) is 5.41 Å². The molecule has 1 aromatic rings. The van der Waals surface area contributed by atoms with Crippen molar-refractivity contribution in [2.45, 2.75) is 13.3 Å². The molecule has 1 aromatic carbocycles. The summed E-state index contributed by atoms with van der Waals surface area (Å²) >= 11 is 3.46. The Balaban J connectivity index is 2.24.